The summed E-state index contributed by atoms with van der Waals surface area (Å²) < 4.78 is 17.1. The number of nitrogens with zero attached hydrogens (tertiary/aromatic N) is 1. The predicted molar refractivity (Wildman–Crippen MR) is 135 cm³/mol. The Balaban J connectivity index is 1.68. The van der Waals surface area contributed by atoms with Crippen LogP contribution in [0.5, 0.6) is 17.2 Å². The maximum atomic E-state index is 12.6. The van der Waals surface area contributed by atoms with Crippen molar-refractivity contribution in [3.8, 4) is 17.2 Å². The van der Waals surface area contributed by atoms with E-state index in [2.05, 4.69) is 17.1 Å². The van der Waals surface area contributed by atoms with Gasteiger partial charge in [-0.3, -0.25) is 4.79 Å². The van der Waals surface area contributed by atoms with E-state index < -0.39 is 5.91 Å². The number of hydrogen-bond donors (Lipinski definition) is 1. The van der Waals surface area contributed by atoms with Crippen molar-refractivity contribution in [1.82, 2.24) is 5.43 Å². The van der Waals surface area contributed by atoms with Gasteiger partial charge in [0.15, 0.2) is 11.5 Å². The average Bonchev–Trinajstić information content (AvgIpc) is 2.84. The number of carbonyl (C=O) groups excluding carboxylic acids is 1. The number of nitrogens with one attached hydrogen (secondary N) is 1. The minimum Gasteiger partial charge on any atom is -0.490 e. The first kappa shape index (κ1) is 24.9. The van der Waals surface area contributed by atoms with Crippen LogP contribution in [0.2, 0.25) is 5.02 Å². The van der Waals surface area contributed by atoms with Gasteiger partial charge < -0.3 is 14.2 Å². The van der Waals surface area contributed by atoms with Crippen LogP contribution in [0.1, 0.15) is 34.0 Å². The Morgan fingerprint density at radius 1 is 1.00 bits per heavy atom. The second-order valence-corrected chi connectivity index (χ2v) is 7.79. The summed E-state index contributed by atoms with van der Waals surface area (Å²) in [5, 5.41) is 4.62. The average molecular weight is 479 g/mol. The van der Waals surface area contributed by atoms with Crippen molar-refractivity contribution in [3.63, 3.8) is 0 Å². The molecule has 0 aromatic heterocycles. The summed E-state index contributed by atoms with van der Waals surface area (Å²) in [6.45, 7) is 8.70. The van der Waals surface area contributed by atoms with Crippen molar-refractivity contribution in [2.24, 2.45) is 5.10 Å². The van der Waals surface area contributed by atoms with Crippen LogP contribution in [-0.4, -0.2) is 25.3 Å². The first-order valence-corrected chi connectivity index (χ1v) is 11.2. The third-order valence-corrected chi connectivity index (χ3v) is 4.95. The van der Waals surface area contributed by atoms with Crippen molar-refractivity contribution in [2.75, 3.05) is 13.2 Å². The molecule has 0 heterocycles. The highest BCUT2D eigenvalue weighted by atomic mass is 35.5. The van der Waals surface area contributed by atoms with Gasteiger partial charge in [0.1, 0.15) is 19.0 Å². The van der Waals surface area contributed by atoms with Crippen molar-refractivity contribution >= 4 is 23.7 Å². The summed E-state index contributed by atoms with van der Waals surface area (Å²) >= 11 is 6.15. The van der Waals surface area contributed by atoms with Crippen LogP contribution in [-0.2, 0) is 6.61 Å². The van der Waals surface area contributed by atoms with Gasteiger partial charge >= 0.3 is 0 Å². The first-order valence-electron chi connectivity index (χ1n) is 10.8. The van der Waals surface area contributed by atoms with E-state index >= 15 is 0 Å². The molecular weight excluding hydrogens is 452 g/mol. The fraction of sp³-hybridized carbons (Fsp3) is 0.185. The molecule has 0 atom stereocenters. The Hall–Kier alpha value is -3.77. The van der Waals surface area contributed by atoms with Gasteiger partial charge in [0.25, 0.3) is 5.91 Å². The highest BCUT2D eigenvalue weighted by molar-refractivity contribution is 6.30. The monoisotopic (exact) mass is 478 g/mol. The maximum absolute atomic E-state index is 12.6. The van der Waals surface area contributed by atoms with Gasteiger partial charge in [0, 0.05) is 16.1 Å². The minimum absolute atomic E-state index is 0.337. The molecule has 0 unspecified atom stereocenters. The lowest BCUT2D eigenvalue weighted by Gasteiger charge is -2.12. The Morgan fingerprint density at radius 3 is 2.50 bits per heavy atom. The van der Waals surface area contributed by atoms with E-state index in [0.717, 1.165) is 5.56 Å². The third kappa shape index (κ3) is 7.12. The third-order valence-electron chi connectivity index (χ3n) is 4.72. The molecule has 3 rings (SSSR count). The standard InChI is InChI=1S/C27H27ClN2O4/c1-4-14-33-25-12-10-21(16-26(25)32-5-2)27(31)30-29-17-22-15-23(28)11-13-24(22)34-18-20-8-6-19(3)7-9-20/h4,6-13,15-17H,1,5,14,18H2,2-3H3,(H,30,31)/b29-17+. The second kappa shape index (κ2) is 12.5. The maximum Gasteiger partial charge on any atom is 0.271 e. The summed E-state index contributed by atoms with van der Waals surface area (Å²) in [6.07, 6.45) is 3.14. The molecule has 6 nitrogen and oxygen atoms in total. The lowest BCUT2D eigenvalue weighted by molar-refractivity contribution is 0.0954. The fourth-order valence-electron chi connectivity index (χ4n) is 3.01. The molecule has 0 aliphatic heterocycles. The second-order valence-electron chi connectivity index (χ2n) is 7.35. The van der Waals surface area contributed by atoms with Gasteiger partial charge in [0.05, 0.1) is 12.8 Å². The van der Waals surface area contributed by atoms with E-state index in [1.807, 2.05) is 38.1 Å². The minimum atomic E-state index is -0.392. The summed E-state index contributed by atoms with van der Waals surface area (Å²) in [4.78, 5) is 12.6. The number of ether oxygens (including phenoxy) is 3. The van der Waals surface area contributed by atoms with Gasteiger partial charge in [-0.05, 0) is 55.8 Å². The van der Waals surface area contributed by atoms with Crippen LogP contribution in [0.15, 0.2) is 78.4 Å². The van der Waals surface area contributed by atoms with Crippen LogP contribution in [0.3, 0.4) is 0 Å². The number of halogens is 1. The zero-order valence-corrected chi connectivity index (χ0v) is 20.0. The molecule has 0 fully saturated rings. The molecule has 34 heavy (non-hydrogen) atoms. The van der Waals surface area contributed by atoms with Crippen molar-refractivity contribution in [2.45, 2.75) is 20.5 Å². The van der Waals surface area contributed by atoms with Crippen LogP contribution < -0.4 is 19.6 Å². The molecule has 0 saturated heterocycles. The van der Waals surface area contributed by atoms with Gasteiger partial charge in [-0.25, -0.2) is 5.43 Å². The molecule has 0 saturated carbocycles. The molecule has 0 bridgehead atoms. The summed E-state index contributed by atoms with van der Waals surface area (Å²) in [5.74, 6) is 1.22. The molecule has 3 aromatic rings. The quantitative estimate of drug-likeness (QED) is 0.210. The Bertz CT molecular complexity index is 1160. The fourth-order valence-corrected chi connectivity index (χ4v) is 3.19. The van der Waals surface area contributed by atoms with Gasteiger partial charge in [-0.15, -0.1) is 0 Å². The lowest BCUT2D eigenvalue weighted by atomic mass is 10.1. The molecule has 1 N–H and O–H groups in total. The number of amides is 1. The van der Waals surface area contributed by atoms with Crippen molar-refractivity contribution in [3.05, 3.63) is 101 Å². The summed E-state index contributed by atoms with van der Waals surface area (Å²) in [5.41, 5.74) is 5.78. The van der Waals surface area contributed by atoms with Crippen LogP contribution >= 0.6 is 11.6 Å². The van der Waals surface area contributed by atoms with E-state index in [0.29, 0.717) is 53.2 Å². The topological polar surface area (TPSA) is 69.2 Å². The molecule has 0 aliphatic carbocycles. The highest BCUT2D eigenvalue weighted by Crippen LogP contribution is 2.28. The van der Waals surface area contributed by atoms with Gasteiger partial charge in [-0.1, -0.05) is 54.1 Å². The lowest BCUT2D eigenvalue weighted by Crippen LogP contribution is -2.18. The van der Waals surface area contributed by atoms with Gasteiger partial charge in [0.2, 0.25) is 0 Å². The number of carbonyl (C=O) groups is 1. The molecule has 7 heteroatoms. The smallest absolute Gasteiger partial charge is 0.271 e. The van der Waals surface area contributed by atoms with Crippen LogP contribution in [0.4, 0.5) is 0 Å². The summed E-state index contributed by atoms with van der Waals surface area (Å²) in [6, 6.07) is 18.3. The van der Waals surface area contributed by atoms with E-state index in [9.17, 15) is 4.79 Å². The molecular formula is C27H27ClN2O4. The zero-order chi connectivity index (χ0) is 24.3. The van der Waals surface area contributed by atoms with Crippen LogP contribution in [0, 0.1) is 6.92 Å². The number of hydrogen-bond acceptors (Lipinski definition) is 5. The first-order chi connectivity index (χ1) is 16.5. The zero-order valence-electron chi connectivity index (χ0n) is 19.2. The van der Waals surface area contributed by atoms with Gasteiger partial charge in [-0.2, -0.15) is 5.10 Å². The largest absolute Gasteiger partial charge is 0.490 e. The van der Waals surface area contributed by atoms with E-state index in [1.165, 1.54) is 11.8 Å². The van der Waals surface area contributed by atoms with Crippen LogP contribution in [0.25, 0.3) is 0 Å². The number of benzene rings is 3. The normalized spacial score (nSPS) is 10.7. The molecule has 3 aromatic carbocycles. The molecule has 0 spiro atoms. The molecule has 0 aliphatic rings. The number of aryl methyl sites for hydroxylation is 1. The SMILES string of the molecule is C=CCOc1ccc(C(=O)N/N=C/c2cc(Cl)ccc2OCc2ccc(C)cc2)cc1OCC. The molecule has 0 radical (unpaired) electrons. The predicted octanol–water partition coefficient (Wildman–Crippen LogP) is 5.95. The number of hydrazone groups is 1. The van der Waals surface area contributed by atoms with Crippen molar-refractivity contribution < 1.29 is 19.0 Å². The van der Waals surface area contributed by atoms with E-state index in [-0.39, 0.29) is 0 Å². The summed E-state index contributed by atoms with van der Waals surface area (Å²) in [7, 11) is 0. The van der Waals surface area contributed by atoms with E-state index in [1.54, 1.807) is 42.5 Å². The molecule has 176 valence electrons. The molecule has 1 amide bonds. The Morgan fingerprint density at radius 2 is 1.76 bits per heavy atom. The Labute approximate surface area is 204 Å². The van der Waals surface area contributed by atoms with Crippen molar-refractivity contribution in [1.29, 1.82) is 0 Å². The Kier molecular flexibility index (Phi) is 9.12. The number of rotatable bonds is 11. The van der Waals surface area contributed by atoms with E-state index in [4.69, 9.17) is 25.8 Å². The highest BCUT2D eigenvalue weighted by Gasteiger charge is 2.11.